The van der Waals surface area contributed by atoms with Crippen LogP contribution in [-0.2, 0) is 14.3 Å². The summed E-state index contributed by atoms with van der Waals surface area (Å²) in [5.74, 6) is -4.15. The van der Waals surface area contributed by atoms with Crippen LogP contribution in [0, 0.1) is 35.0 Å². The first kappa shape index (κ1) is 28.7. The van der Waals surface area contributed by atoms with Crippen molar-refractivity contribution in [1.82, 2.24) is 0 Å². The molecule has 1 aromatic rings. The maximum Gasteiger partial charge on any atom is 0.375 e. The molecule has 0 amide bonds. The van der Waals surface area contributed by atoms with Crippen molar-refractivity contribution in [1.29, 1.82) is 0 Å². The van der Waals surface area contributed by atoms with E-state index < -0.39 is 63.6 Å². The zero-order valence-corrected chi connectivity index (χ0v) is 23.2. The van der Waals surface area contributed by atoms with Crippen LogP contribution < -0.4 is 0 Å². The Bertz CT molecular complexity index is 1150. The maximum atomic E-state index is 16.5. The number of ether oxygens (including phenoxy) is 1. The summed E-state index contributed by atoms with van der Waals surface area (Å²) in [6.07, 6.45) is 4.34. The highest BCUT2D eigenvalue weighted by molar-refractivity contribution is 8.13. The number of furan rings is 1. The van der Waals surface area contributed by atoms with Crippen molar-refractivity contribution in [2.45, 2.75) is 71.3 Å². The molecule has 0 aromatic carbocycles. The number of thioether (sulfide) groups is 1. The van der Waals surface area contributed by atoms with E-state index >= 15 is 8.78 Å². The van der Waals surface area contributed by atoms with Crippen molar-refractivity contribution >= 4 is 28.6 Å². The monoisotopic (exact) mass is 552 g/mol. The summed E-state index contributed by atoms with van der Waals surface area (Å²) in [5, 5.41) is -0.637. The molecule has 38 heavy (non-hydrogen) atoms. The van der Waals surface area contributed by atoms with Gasteiger partial charge in [0.2, 0.25) is 10.9 Å². The predicted molar refractivity (Wildman–Crippen MR) is 138 cm³/mol. The number of ketones is 1. The summed E-state index contributed by atoms with van der Waals surface area (Å²) < 4.78 is 57.1. The third-order valence-electron chi connectivity index (χ3n) is 9.54. The van der Waals surface area contributed by atoms with Gasteiger partial charge in [-0.3, -0.25) is 9.59 Å². The second-order valence-electron chi connectivity index (χ2n) is 11.6. The van der Waals surface area contributed by atoms with Gasteiger partial charge in [-0.05, 0) is 91.5 Å². The molecule has 9 heteroatoms. The lowest BCUT2D eigenvalue weighted by Gasteiger charge is -2.56. The SMILES string of the molecule is C[C@@H]1C=CC(=O)C=C1[C@@H](F)CC1C2C[C@@H](C)[C@](OC(=O)c3ccco3)(C(=O)SCF)[C@@]2(C)C[C@H](C)[C@@]1(C)F. The van der Waals surface area contributed by atoms with Crippen LogP contribution in [0.5, 0.6) is 0 Å². The third-order valence-corrected chi connectivity index (χ3v) is 10.2. The molecule has 0 aliphatic heterocycles. The molecule has 3 aliphatic rings. The van der Waals surface area contributed by atoms with E-state index in [9.17, 15) is 18.8 Å². The Morgan fingerprint density at radius 2 is 1.95 bits per heavy atom. The van der Waals surface area contributed by atoms with Crippen LogP contribution in [0.15, 0.2) is 46.6 Å². The number of hydrogen-bond donors (Lipinski definition) is 0. The molecular formula is C29H35F3O5S. The Morgan fingerprint density at radius 1 is 1.24 bits per heavy atom. The number of hydrogen-bond acceptors (Lipinski definition) is 6. The van der Waals surface area contributed by atoms with Gasteiger partial charge < -0.3 is 9.15 Å². The fraction of sp³-hybridized carbons (Fsp3) is 0.621. The molecule has 0 radical (unpaired) electrons. The van der Waals surface area contributed by atoms with Crippen LogP contribution >= 0.6 is 11.8 Å². The lowest BCUT2D eigenvalue weighted by atomic mass is 9.52. The molecule has 208 valence electrons. The van der Waals surface area contributed by atoms with E-state index in [1.807, 2.05) is 0 Å². The minimum absolute atomic E-state index is 0.0998. The van der Waals surface area contributed by atoms with E-state index in [4.69, 9.17) is 9.15 Å². The fourth-order valence-electron chi connectivity index (χ4n) is 7.42. The standard InChI is InChI=1S/C29H35F3O5S/c1-16-8-9-19(33)12-20(16)23(31)13-22-21-11-17(2)29(26(35)38-15-30,37-25(34)24-7-6-10-36-24)27(21,4)14-18(3)28(22,5)32/h6-10,12,16-18,21-23H,11,13-15H2,1-5H3/t16-,17-,18+,21?,22?,23+,27+,28-,29+/m1/s1. The van der Waals surface area contributed by atoms with Crippen LogP contribution in [-0.4, -0.2) is 40.3 Å². The van der Waals surface area contributed by atoms with Gasteiger partial charge in [-0.25, -0.2) is 18.0 Å². The highest BCUT2D eigenvalue weighted by atomic mass is 32.2. The van der Waals surface area contributed by atoms with Gasteiger partial charge in [0.05, 0.1) is 6.26 Å². The number of allylic oxidation sites excluding steroid dienone is 4. The first-order valence-corrected chi connectivity index (χ1v) is 14.0. The Morgan fingerprint density at radius 3 is 2.58 bits per heavy atom. The van der Waals surface area contributed by atoms with E-state index in [2.05, 4.69) is 0 Å². The van der Waals surface area contributed by atoms with Crippen molar-refractivity contribution in [2.75, 3.05) is 6.01 Å². The van der Waals surface area contributed by atoms with Crippen LogP contribution in [0.3, 0.4) is 0 Å². The molecule has 3 aliphatic carbocycles. The Kier molecular flexibility index (Phi) is 7.83. The number of esters is 1. The molecule has 2 fully saturated rings. The molecule has 0 saturated heterocycles. The summed E-state index contributed by atoms with van der Waals surface area (Å²) in [6.45, 7) is 8.50. The quantitative estimate of drug-likeness (QED) is 0.345. The van der Waals surface area contributed by atoms with Gasteiger partial charge in [0, 0.05) is 11.3 Å². The second kappa shape index (κ2) is 10.4. The van der Waals surface area contributed by atoms with Crippen molar-refractivity contribution < 1.29 is 36.7 Å². The van der Waals surface area contributed by atoms with Crippen LogP contribution in [0.1, 0.15) is 64.4 Å². The molecule has 0 bridgehead atoms. The van der Waals surface area contributed by atoms with Gasteiger partial charge in [0.15, 0.2) is 11.4 Å². The Labute approximate surface area is 225 Å². The Hall–Kier alpha value is -2.29. The summed E-state index contributed by atoms with van der Waals surface area (Å²) >= 11 is 0.429. The van der Waals surface area contributed by atoms with Gasteiger partial charge in [0.1, 0.15) is 17.8 Å². The molecular weight excluding hydrogens is 517 g/mol. The number of halogens is 3. The van der Waals surface area contributed by atoms with Gasteiger partial charge >= 0.3 is 5.97 Å². The van der Waals surface area contributed by atoms with Crippen LogP contribution in [0.2, 0.25) is 0 Å². The number of alkyl halides is 3. The van der Waals surface area contributed by atoms with E-state index in [0.29, 0.717) is 17.3 Å². The summed E-state index contributed by atoms with van der Waals surface area (Å²) in [7, 11) is 0. The average molecular weight is 553 g/mol. The zero-order valence-electron chi connectivity index (χ0n) is 22.3. The topological polar surface area (TPSA) is 73.6 Å². The van der Waals surface area contributed by atoms with Crippen molar-refractivity contribution in [3.05, 3.63) is 48.0 Å². The van der Waals surface area contributed by atoms with Crippen molar-refractivity contribution in [3.63, 3.8) is 0 Å². The maximum absolute atomic E-state index is 16.5. The number of rotatable bonds is 7. The predicted octanol–water partition coefficient (Wildman–Crippen LogP) is 6.84. The lowest BCUT2D eigenvalue weighted by Crippen LogP contribution is -2.62. The Balaban J connectivity index is 1.76. The number of fused-ring (bicyclic) bond motifs is 1. The van der Waals surface area contributed by atoms with Crippen molar-refractivity contribution in [3.8, 4) is 0 Å². The smallest absolute Gasteiger partial charge is 0.375 e. The highest BCUT2D eigenvalue weighted by Gasteiger charge is 2.73. The van der Waals surface area contributed by atoms with Gasteiger partial charge in [0.25, 0.3) is 0 Å². The second-order valence-corrected chi connectivity index (χ2v) is 12.4. The van der Waals surface area contributed by atoms with E-state index in [0.717, 1.165) is 0 Å². The normalized spacial score (nSPS) is 39.4. The van der Waals surface area contributed by atoms with Gasteiger partial charge in [-0.15, -0.1) is 0 Å². The van der Waals surface area contributed by atoms with Crippen molar-refractivity contribution in [2.24, 2.45) is 35.0 Å². The third kappa shape index (κ3) is 4.48. The lowest BCUT2D eigenvalue weighted by molar-refractivity contribution is -0.173. The minimum atomic E-state index is -1.79. The summed E-state index contributed by atoms with van der Waals surface area (Å²) in [4.78, 5) is 38.8. The van der Waals surface area contributed by atoms with E-state index in [1.54, 1.807) is 33.8 Å². The molecule has 9 atom stereocenters. The number of carbonyl (C=O) groups is 3. The molecule has 0 spiro atoms. The van der Waals surface area contributed by atoms with Gasteiger partial charge in [-0.2, -0.15) is 0 Å². The number of carbonyl (C=O) groups excluding carboxylic acids is 3. The van der Waals surface area contributed by atoms with Gasteiger partial charge in [-0.1, -0.05) is 33.8 Å². The van der Waals surface area contributed by atoms with E-state index in [1.165, 1.54) is 37.5 Å². The molecule has 1 heterocycles. The molecule has 1 aromatic heterocycles. The molecule has 5 nitrogen and oxygen atoms in total. The zero-order chi connectivity index (χ0) is 28.0. The highest BCUT2D eigenvalue weighted by Crippen LogP contribution is 2.68. The summed E-state index contributed by atoms with van der Waals surface area (Å²) in [5.41, 5.74) is -4.34. The average Bonchev–Trinajstić information content (AvgIpc) is 3.46. The fourth-order valence-corrected chi connectivity index (χ4v) is 8.21. The molecule has 2 unspecified atom stereocenters. The van der Waals surface area contributed by atoms with Crippen LogP contribution in [0.4, 0.5) is 13.2 Å². The molecule has 4 rings (SSSR count). The summed E-state index contributed by atoms with van der Waals surface area (Å²) in [6, 6.07) is 1.92. The largest absolute Gasteiger partial charge is 0.457 e. The van der Waals surface area contributed by atoms with Crippen LogP contribution in [0.25, 0.3) is 0 Å². The first-order chi connectivity index (χ1) is 17.8. The molecule has 0 N–H and O–H groups in total. The first-order valence-electron chi connectivity index (χ1n) is 13.1. The van der Waals surface area contributed by atoms with E-state index in [-0.39, 0.29) is 36.7 Å². The molecule has 2 saturated carbocycles. The minimum Gasteiger partial charge on any atom is -0.457 e.